The van der Waals surface area contributed by atoms with Gasteiger partial charge in [0.25, 0.3) is 5.91 Å². The number of aliphatic hydroxyl groups excluding tert-OH is 1. The number of anilines is 2. The van der Waals surface area contributed by atoms with E-state index >= 15 is 0 Å². The Bertz CT molecular complexity index is 851. The van der Waals surface area contributed by atoms with Crippen LogP contribution in [0.25, 0.3) is 0 Å². The fourth-order valence-corrected chi connectivity index (χ4v) is 3.69. The molecule has 2 aliphatic heterocycles. The van der Waals surface area contributed by atoms with Crippen LogP contribution in [0, 0.1) is 5.92 Å². The van der Waals surface area contributed by atoms with E-state index < -0.39 is 29.6 Å². The van der Waals surface area contributed by atoms with Gasteiger partial charge in [0.2, 0.25) is 5.91 Å². The Morgan fingerprint density at radius 2 is 2.14 bits per heavy atom. The Morgan fingerprint density at radius 3 is 2.75 bits per heavy atom. The molecule has 8 heteroatoms. The highest BCUT2D eigenvalue weighted by Gasteiger charge is 2.52. The van der Waals surface area contributed by atoms with E-state index in [9.17, 15) is 19.5 Å². The Balaban J connectivity index is 1.99. The minimum absolute atomic E-state index is 0.0230. The third-order valence-corrected chi connectivity index (χ3v) is 5.25. The first-order chi connectivity index (χ1) is 13.2. The van der Waals surface area contributed by atoms with Crippen molar-refractivity contribution in [3.8, 4) is 0 Å². The van der Waals surface area contributed by atoms with Crippen molar-refractivity contribution in [2.75, 3.05) is 23.5 Å². The minimum atomic E-state index is -1.79. The third-order valence-electron chi connectivity index (χ3n) is 5.25. The lowest BCUT2D eigenvalue weighted by Crippen LogP contribution is -2.55. The van der Waals surface area contributed by atoms with Crippen LogP contribution in [-0.2, 0) is 24.7 Å². The first-order valence-corrected chi connectivity index (χ1v) is 9.13. The zero-order valence-electron chi connectivity index (χ0n) is 16.1. The van der Waals surface area contributed by atoms with Crippen LogP contribution in [0.5, 0.6) is 0 Å². The molecule has 1 aromatic carbocycles. The summed E-state index contributed by atoms with van der Waals surface area (Å²) in [4.78, 5) is 38.9. The van der Waals surface area contributed by atoms with Gasteiger partial charge in [-0.05, 0) is 24.6 Å². The second-order valence-corrected chi connectivity index (χ2v) is 7.09. The van der Waals surface area contributed by atoms with Crippen LogP contribution in [0.15, 0.2) is 30.4 Å². The van der Waals surface area contributed by atoms with E-state index in [0.717, 1.165) is 0 Å². The van der Waals surface area contributed by atoms with E-state index in [4.69, 9.17) is 9.84 Å². The van der Waals surface area contributed by atoms with Crippen LogP contribution < -0.4 is 9.80 Å². The van der Waals surface area contributed by atoms with E-state index in [-0.39, 0.29) is 18.9 Å². The number of nitrogens with zero attached hydrogens (tertiary/aromatic N) is 2. The van der Waals surface area contributed by atoms with Crippen LogP contribution in [0.1, 0.15) is 32.3 Å². The first kappa shape index (κ1) is 20.0. The molecule has 2 aliphatic rings. The van der Waals surface area contributed by atoms with Gasteiger partial charge in [0.1, 0.15) is 0 Å². The van der Waals surface area contributed by atoms with Crippen LogP contribution in [0.4, 0.5) is 11.4 Å². The molecular weight excluding hydrogens is 364 g/mol. The Kier molecular flexibility index (Phi) is 5.27. The van der Waals surface area contributed by atoms with Gasteiger partial charge in [0.15, 0.2) is 11.8 Å². The number of benzene rings is 1. The van der Waals surface area contributed by atoms with Gasteiger partial charge in [-0.1, -0.05) is 19.1 Å². The number of carbonyl (C=O) groups excluding carboxylic acids is 3. The highest BCUT2D eigenvalue weighted by atomic mass is 16.6. The molecular formula is C20H24N2O6. The maximum absolute atomic E-state index is 12.8. The number of amides is 2. The molecule has 1 aromatic rings. The van der Waals surface area contributed by atoms with Crippen LogP contribution >= 0.6 is 0 Å². The first-order valence-electron chi connectivity index (χ1n) is 9.13. The van der Waals surface area contributed by atoms with Crippen molar-refractivity contribution in [2.24, 2.45) is 5.92 Å². The quantitative estimate of drug-likeness (QED) is 0.429. The summed E-state index contributed by atoms with van der Waals surface area (Å²) in [5.41, 5.74) is -0.401. The summed E-state index contributed by atoms with van der Waals surface area (Å²) in [5, 5.41) is 20.3. The fourth-order valence-electron chi connectivity index (χ4n) is 3.69. The van der Waals surface area contributed by atoms with Crippen molar-refractivity contribution < 1.29 is 29.3 Å². The van der Waals surface area contributed by atoms with Crippen LogP contribution in [0.3, 0.4) is 0 Å². The molecule has 2 heterocycles. The number of esters is 1. The average molecular weight is 388 g/mol. The molecule has 8 nitrogen and oxygen atoms in total. The van der Waals surface area contributed by atoms with Gasteiger partial charge in [0, 0.05) is 37.7 Å². The van der Waals surface area contributed by atoms with Gasteiger partial charge in [-0.2, -0.15) is 0 Å². The van der Waals surface area contributed by atoms with Gasteiger partial charge < -0.3 is 19.8 Å². The van der Waals surface area contributed by atoms with Gasteiger partial charge in [-0.25, -0.2) is 0 Å². The largest absolute Gasteiger partial charge is 0.441 e. The fraction of sp³-hybridized carbons (Fsp3) is 0.450. The monoisotopic (exact) mass is 388 g/mol. The number of carbonyl (C=O) groups is 3. The molecule has 1 unspecified atom stereocenters. The highest BCUT2D eigenvalue weighted by Crippen LogP contribution is 2.46. The van der Waals surface area contributed by atoms with Crippen molar-refractivity contribution in [3.05, 3.63) is 35.9 Å². The molecule has 2 N–H and O–H groups in total. The summed E-state index contributed by atoms with van der Waals surface area (Å²) in [7, 11) is 1.58. The predicted octanol–water partition coefficient (Wildman–Crippen LogP) is 1.05. The summed E-state index contributed by atoms with van der Waals surface area (Å²) >= 11 is 0. The van der Waals surface area contributed by atoms with E-state index in [0.29, 0.717) is 23.4 Å². The number of aliphatic hydroxyl groups is 2. The summed E-state index contributed by atoms with van der Waals surface area (Å²) in [6.45, 7) is 2.97. The Morgan fingerprint density at radius 1 is 1.43 bits per heavy atom. The average Bonchev–Trinajstić information content (AvgIpc) is 2.83. The van der Waals surface area contributed by atoms with E-state index in [2.05, 4.69) is 0 Å². The molecule has 1 saturated heterocycles. The van der Waals surface area contributed by atoms with Crippen LogP contribution in [0.2, 0.25) is 0 Å². The minimum Gasteiger partial charge on any atom is -0.441 e. The van der Waals surface area contributed by atoms with Crippen molar-refractivity contribution in [1.29, 1.82) is 0 Å². The third kappa shape index (κ3) is 3.08. The lowest BCUT2D eigenvalue weighted by molar-refractivity contribution is -0.153. The highest BCUT2D eigenvalue weighted by molar-refractivity contribution is 6.08. The van der Waals surface area contributed by atoms with Crippen molar-refractivity contribution >= 4 is 29.2 Å². The molecule has 0 radical (unpaired) electrons. The number of ether oxygens (including phenoxy) is 1. The SMILES string of the molecule is CC(=O)OC1CC(=O)N1c1ccc2c(c1)[C@@](O)([C@H](C)/C=C/CCO)C(=O)N2C. The van der Waals surface area contributed by atoms with E-state index in [1.54, 1.807) is 44.3 Å². The number of likely N-dealkylation sites (N-methyl/N-ethyl adjacent to an activating group) is 1. The zero-order valence-corrected chi connectivity index (χ0v) is 16.1. The molecule has 1 fully saturated rings. The summed E-state index contributed by atoms with van der Waals surface area (Å²) < 4.78 is 5.14. The van der Waals surface area contributed by atoms with Crippen molar-refractivity contribution in [1.82, 2.24) is 0 Å². The van der Waals surface area contributed by atoms with Gasteiger partial charge in [0.05, 0.1) is 12.1 Å². The van der Waals surface area contributed by atoms with E-state index in [1.165, 1.54) is 16.7 Å². The smallest absolute Gasteiger partial charge is 0.304 e. The van der Waals surface area contributed by atoms with Crippen LogP contribution in [-0.4, -0.2) is 47.9 Å². The zero-order chi connectivity index (χ0) is 20.6. The molecule has 28 heavy (non-hydrogen) atoms. The number of hydrogen-bond acceptors (Lipinski definition) is 6. The number of fused-ring (bicyclic) bond motifs is 1. The normalized spacial score (nSPS) is 25.1. The van der Waals surface area contributed by atoms with Gasteiger partial charge in [-0.3, -0.25) is 19.3 Å². The van der Waals surface area contributed by atoms with Crippen molar-refractivity contribution in [2.45, 2.75) is 38.5 Å². The second-order valence-electron chi connectivity index (χ2n) is 7.09. The van der Waals surface area contributed by atoms with Gasteiger partial charge in [-0.15, -0.1) is 0 Å². The number of rotatable bonds is 6. The predicted molar refractivity (Wildman–Crippen MR) is 101 cm³/mol. The Hall–Kier alpha value is -2.71. The molecule has 0 aliphatic carbocycles. The molecule has 0 aromatic heterocycles. The topological polar surface area (TPSA) is 107 Å². The number of β-lactam (4-membered cyclic amide) rings is 1. The van der Waals surface area contributed by atoms with Gasteiger partial charge >= 0.3 is 5.97 Å². The Labute approximate surface area is 163 Å². The second kappa shape index (κ2) is 7.37. The summed E-state index contributed by atoms with van der Waals surface area (Å²) in [6.07, 6.45) is 3.24. The van der Waals surface area contributed by atoms with Crippen molar-refractivity contribution in [3.63, 3.8) is 0 Å². The molecule has 2 amide bonds. The molecule has 0 spiro atoms. The maximum atomic E-state index is 12.8. The standard InChI is InChI=1S/C20H24N2O6/c1-12(6-4-5-9-23)20(27)15-10-14(7-8-16(15)21(3)19(20)26)22-17(25)11-18(22)28-13(2)24/h4,6-8,10,12,18,23,27H,5,9,11H2,1-3H3/b6-4+/t12-,18?,20+/m1/s1. The lowest BCUT2D eigenvalue weighted by atomic mass is 9.82. The molecule has 0 saturated carbocycles. The lowest BCUT2D eigenvalue weighted by Gasteiger charge is -2.39. The van der Waals surface area contributed by atoms with E-state index in [1.807, 2.05) is 0 Å². The molecule has 3 rings (SSSR count). The molecule has 3 atom stereocenters. The molecule has 0 bridgehead atoms. The molecule has 150 valence electrons. The summed E-state index contributed by atoms with van der Waals surface area (Å²) in [5.74, 6) is -1.71. The number of hydrogen-bond donors (Lipinski definition) is 2. The maximum Gasteiger partial charge on any atom is 0.304 e. The summed E-state index contributed by atoms with van der Waals surface area (Å²) in [6, 6.07) is 4.93.